The molecule has 0 heterocycles. The predicted octanol–water partition coefficient (Wildman–Crippen LogP) is 0.513. The van der Waals surface area contributed by atoms with E-state index in [2.05, 4.69) is 0 Å². The molecular weight excluding hydrogens is 154 g/mol. The Bertz CT molecular complexity index is 132. The van der Waals surface area contributed by atoms with Gasteiger partial charge in [-0.25, -0.2) is 0 Å². The summed E-state index contributed by atoms with van der Waals surface area (Å²) in [5, 5.41) is 8.83. The minimum absolute atomic E-state index is 0.0276. The van der Waals surface area contributed by atoms with Gasteiger partial charge in [-0.15, -0.1) is 0 Å². The van der Waals surface area contributed by atoms with Gasteiger partial charge in [0.05, 0.1) is 6.61 Å². The fraction of sp³-hybridized carbons (Fsp3) is 1.00. The van der Waals surface area contributed by atoms with E-state index in [1.807, 2.05) is 6.92 Å². The van der Waals surface area contributed by atoms with Crippen LogP contribution in [0.5, 0.6) is 0 Å². The molecule has 0 aromatic heterocycles. The molecule has 1 unspecified atom stereocenters. The standard InChI is InChI=1S/C9H19NO2/c1-9(10,7-11)4-5-12-6-8-2-3-8/h8,11H,2-7,10H2,1H3. The van der Waals surface area contributed by atoms with E-state index in [0.29, 0.717) is 6.61 Å². The van der Waals surface area contributed by atoms with Gasteiger partial charge in [0, 0.05) is 18.8 Å². The van der Waals surface area contributed by atoms with Crippen LogP contribution in [0.3, 0.4) is 0 Å². The highest BCUT2D eigenvalue weighted by molar-refractivity contribution is 4.77. The molecule has 0 radical (unpaired) electrons. The topological polar surface area (TPSA) is 55.5 Å². The van der Waals surface area contributed by atoms with E-state index in [9.17, 15) is 0 Å². The van der Waals surface area contributed by atoms with Crippen LogP contribution in [0.1, 0.15) is 26.2 Å². The molecular formula is C9H19NO2. The largest absolute Gasteiger partial charge is 0.394 e. The number of hydrogen-bond donors (Lipinski definition) is 2. The summed E-state index contributed by atoms with van der Waals surface area (Å²) >= 11 is 0. The first-order valence-electron chi connectivity index (χ1n) is 4.61. The molecule has 12 heavy (non-hydrogen) atoms. The second kappa shape index (κ2) is 4.21. The van der Waals surface area contributed by atoms with Crippen LogP contribution >= 0.6 is 0 Å². The highest BCUT2D eigenvalue weighted by Crippen LogP contribution is 2.28. The molecule has 1 saturated carbocycles. The van der Waals surface area contributed by atoms with Crippen molar-refractivity contribution in [2.24, 2.45) is 11.7 Å². The highest BCUT2D eigenvalue weighted by atomic mass is 16.5. The van der Waals surface area contributed by atoms with Crippen molar-refractivity contribution < 1.29 is 9.84 Å². The Morgan fingerprint density at radius 2 is 2.25 bits per heavy atom. The van der Waals surface area contributed by atoms with Gasteiger partial charge in [-0.2, -0.15) is 0 Å². The molecule has 3 heteroatoms. The van der Waals surface area contributed by atoms with Crippen LogP contribution in [0.2, 0.25) is 0 Å². The average molecular weight is 173 g/mol. The lowest BCUT2D eigenvalue weighted by Gasteiger charge is -2.21. The zero-order chi connectivity index (χ0) is 9.03. The molecule has 0 spiro atoms. The van der Waals surface area contributed by atoms with Crippen LogP contribution in [-0.4, -0.2) is 30.5 Å². The third kappa shape index (κ3) is 4.04. The monoisotopic (exact) mass is 173 g/mol. The zero-order valence-corrected chi connectivity index (χ0v) is 7.75. The quantitative estimate of drug-likeness (QED) is 0.575. The Labute approximate surface area is 73.9 Å². The molecule has 1 atom stereocenters. The third-order valence-corrected chi connectivity index (χ3v) is 2.23. The van der Waals surface area contributed by atoms with Crippen molar-refractivity contribution in [1.82, 2.24) is 0 Å². The maximum Gasteiger partial charge on any atom is 0.0609 e. The van der Waals surface area contributed by atoms with Crippen LogP contribution < -0.4 is 5.73 Å². The van der Waals surface area contributed by atoms with Crippen molar-refractivity contribution in [3.8, 4) is 0 Å². The Morgan fingerprint density at radius 1 is 1.58 bits per heavy atom. The molecule has 1 rings (SSSR count). The van der Waals surface area contributed by atoms with Crippen LogP contribution in [0.25, 0.3) is 0 Å². The summed E-state index contributed by atoms with van der Waals surface area (Å²) in [5.74, 6) is 0.808. The number of aliphatic hydroxyl groups is 1. The highest BCUT2D eigenvalue weighted by Gasteiger charge is 2.22. The first kappa shape index (κ1) is 9.96. The molecule has 0 amide bonds. The molecule has 3 N–H and O–H groups in total. The first-order chi connectivity index (χ1) is 5.64. The molecule has 0 saturated heterocycles. The zero-order valence-electron chi connectivity index (χ0n) is 7.75. The fourth-order valence-corrected chi connectivity index (χ4v) is 0.919. The summed E-state index contributed by atoms with van der Waals surface area (Å²) in [5.41, 5.74) is 5.25. The Balaban J connectivity index is 1.92. The molecule has 0 aromatic rings. The Hall–Kier alpha value is -0.120. The SMILES string of the molecule is CC(N)(CO)CCOCC1CC1. The maximum atomic E-state index is 8.83. The van der Waals surface area contributed by atoms with Gasteiger partial charge in [0.2, 0.25) is 0 Å². The van der Waals surface area contributed by atoms with Crippen LogP contribution in [0, 0.1) is 5.92 Å². The first-order valence-corrected chi connectivity index (χ1v) is 4.61. The lowest BCUT2D eigenvalue weighted by molar-refractivity contribution is 0.0934. The summed E-state index contributed by atoms with van der Waals surface area (Å²) in [6.07, 6.45) is 3.37. The van der Waals surface area contributed by atoms with Gasteiger partial charge in [-0.05, 0) is 32.1 Å². The van der Waals surface area contributed by atoms with Crippen molar-refractivity contribution in [2.45, 2.75) is 31.7 Å². The van der Waals surface area contributed by atoms with Gasteiger partial charge in [0.1, 0.15) is 0 Å². The Kier molecular flexibility index (Phi) is 3.50. The predicted molar refractivity (Wildman–Crippen MR) is 47.8 cm³/mol. The number of hydrogen-bond acceptors (Lipinski definition) is 3. The molecule has 3 nitrogen and oxygen atoms in total. The van der Waals surface area contributed by atoms with Crippen LogP contribution in [0.4, 0.5) is 0 Å². The Morgan fingerprint density at radius 3 is 2.75 bits per heavy atom. The van der Waals surface area contributed by atoms with Gasteiger partial charge in [-0.3, -0.25) is 0 Å². The van der Waals surface area contributed by atoms with Crippen LogP contribution in [-0.2, 0) is 4.74 Å². The van der Waals surface area contributed by atoms with E-state index in [1.54, 1.807) is 0 Å². The van der Waals surface area contributed by atoms with E-state index in [4.69, 9.17) is 15.6 Å². The summed E-state index contributed by atoms with van der Waals surface area (Å²) in [6, 6.07) is 0. The number of rotatable bonds is 6. The molecule has 1 fully saturated rings. The molecule has 72 valence electrons. The fourth-order valence-electron chi connectivity index (χ4n) is 0.919. The van der Waals surface area contributed by atoms with Crippen molar-refractivity contribution in [3.63, 3.8) is 0 Å². The van der Waals surface area contributed by atoms with Crippen molar-refractivity contribution in [3.05, 3.63) is 0 Å². The van der Waals surface area contributed by atoms with Crippen molar-refractivity contribution in [1.29, 1.82) is 0 Å². The van der Waals surface area contributed by atoms with Gasteiger partial charge >= 0.3 is 0 Å². The second-order valence-electron chi connectivity index (χ2n) is 4.08. The summed E-state index contributed by atoms with van der Waals surface area (Å²) in [6.45, 7) is 3.42. The number of ether oxygens (including phenoxy) is 1. The van der Waals surface area contributed by atoms with E-state index in [1.165, 1.54) is 12.8 Å². The lowest BCUT2D eigenvalue weighted by Crippen LogP contribution is -2.41. The van der Waals surface area contributed by atoms with Gasteiger partial charge in [0.25, 0.3) is 0 Å². The normalized spacial score (nSPS) is 22.2. The van der Waals surface area contributed by atoms with E-state index < -0.39 is 5.54 Å². The van der Waals surface area contributed by atoms with Crippen LogP contribution in [0.15, 0.2) is 0 Å². The van der Waals surface area contributed by atoms with Gasteiger partial charge in [-0.1, -0.05) is 0 Å². The van der Waals surface area contributed by atoms with Gasteiger partial charge < -0.3 is 15.6 Å². The van der Waals surface area contributed by atoms with E-state index >= 15 is 0 Å². The van der Waals surface area contributed by atoms with Gasteiger partial charge in [0.15, 0.2) is 0 Å². The number of aliphatic hydroxyl groups excluding tert-OH is 1. The molecule has 1 aliphatic rings. The lowest BCUT2D eigenvalue weighted by atomic mass is 10.0. The summed E-state index contributed by atoms with van der Waals surface area (Å²) < 4.78 is 5.40. The van der Waals surface area contributed by atoms with Crippen molar-refractivity contribution >= 4 is 0 Å². The van der Waals surface area contributed by atoms with E-state index in [-0.39, 0.29) is 6.61 Å². The smallest absolute Gasteiger partial charge is 0.0609 e. The van der Waals surface area contributed by atoms with E-state index in [0.717, 1.165) is 18.9 Å². The average Bonchev–Trinajstić information content (AvgIpc) is 2.82. The third-order valence-electron chi connectivity index (χ3n) is 2.23. The van der Waals surface area contributed by atoms with Crippen molar-refractivity contribution in [2.75, 3.05) is 19.8 Å². The molecule has 0 aromatic carbocycles. The second-order valence-corrected chi connectivity index (χ2v) is 4.08. The minimum atomic E-state index is -0.469. The molecule has 0 aliphatic heterocycles. The molecule has 1 aliphatic carbocycles. The minimum Gasteiger partial charge on any atom is -0.394 e. The summed E-state index contributed by atoms with van der Waals surface area (Å²) in [7, 11) is 0. The summed E-state index contributed by atoms with van der Waals surface area (Å²) in [4.78, 5) is 0. The number of nitrogens with two attached hydrogens (primary N) is 1. The molecule has 0 bridgehead atoms. The maximum absolute atomic E-state index is 8.83.